The number of nitrogens with zero attached hydrogens (tertiary/aromatic N) is 3. The van der Waals surface area contributed by atoms with Gasteiger partial charge in [-0.25, -0.2) is 4.98 Å². The van der Waals surface area contributed by atoms with Crippen molar-refractivity contribution in [3.8, 4) is 0 Å². The highest BCUT2D eigenvalue weighted by atomic mass is 79.9. The van der Waals surface area contributed by atoms with Gasteiger partial charge in [0.15, 0.2) is 5.78 Å². The Labute approximate surface area is 130 Å². The number of aryl methyl sites for hydroxylation is 2. The smallest absolute Gasteiger partial charge is 0.188 e. The molecule has 2 aromatic heterocycles. The number of ketones is 1. The lowest BCUT2D eigenvalue weighted by Gasteiger charge is -2.01. The van der Waals surface area contributed by atoms with Crippen LogP contribution in [-0.2, 0) is 19.9 Å². The Hall–Kier alpha value is -1.05. The molecule has 0 aliphatic heterocycles. The lowest BCUT2D eigenvalue weighted by Crippen LogP contribution is -2.10. The van der Waals surface area contributed by atoms with Crippen molar-refractivity contribution in [3.05, 3.63) is 31.9 Å². The summed E-state index contributed by atoms with van der Waals surface area (Å²) in [4.78, 5) is 16.6. The Morgan fingerprint density at radius 1 is 1.60 bits per heavy atom. The minimum Gasteiger partial charge on any atom is -0.322 e. The molecule has 0 saturated carbocycles. The third kappa shape index (κ3) is 2.99. The first-order valence-electron chi connectivity index (χ1n) is 6.38. The normalized spacial score (nSPS) is 12.7. The Morgan fingerprint density at radius 2 is 2.30 bits per heavy atom. The van der Waals surface area contributed by atoms with E-state index in [1.54, 1.807) is 10.1 Å². The molecule has 0 aliphatic carbocycles. The fourth-order valence-corrected chi connectivity index (χ4v) is 3.42. The van der Waals surface area contributed by atoms with E-state index in [1.165, 1.54) is 11.3 Å². The molecular formula is C13H17BrN4OS. The van der Waals surface area contributed by atoms with Crippen LogP contribution >= 0.6 is 27.3 Å². The average molecular weight is 357 g/mol. The summed E-state index contributed by atoms with van der Waals surface area (Å²) >= 11 is 4.94. The highest BCUT2D eigenvalue weighted by Gasteiger charge is 2.19. The summed E-state index contributed by atoms with van der Waals surface area (Å²) in [5, 5.41) is 6.94. The van der Waals surface area contributed by atoms with E-state index in [-0.39, 0.29) is 18.2 Å². The quantitative estimate of drug-likeness (QED) is 0.835. The average Bonchev–Trinajstić information content (AvgIpc) is 2.98. The Kier molecular flexibility index (Phi) is 4.72. The molecule has 2 aromatic rings. The molecular weight excluding hydrogens is 340 g/mol. The van der Waals surface area contributed by atoms with Crippen LogP contribution in [0.3, 0.4) is 0 Å². The van der Waals surface area contributed by atoms with Gasteiger partial charge in [-0.2, -0.15) is 5.10 Å². The van der Waals surface area contributed by atoms with Gasteiger partial charge in [0, 0.05) is 12.4 Å². The van der Waals surface area contributed by atoms with Gasteiger partial charge in [-0.15, -0.1) is 11.3 Å². The molecule has 7 heteroatoms. The van der Waals surface area contributed by atoms with E-state index in [2.05, 4.69) is 26.0 Å². The van der Waals surface area contributed by atoms with Crippen LogP contribution in [-0.4, -0.2) is 20.5 Å². The fraction of sp³-hybridized carbons (Fsp3) is 0.462. The summed E-state index contributed by atoms with van der Waals surface area (Å²) in [6.45, 7) is 3.90. The van der Waals surface area contributed by atoms with E-state index >= 15 is 0 Å². The van der Waals surface area contributed by atoms with Crippen LogP contribution in [0.25, 0.3) is 0 Å². The Morgan fingerprint density at radius 3 is 2.80 bits per heavy atom. The standard InChI is InChI=1S/C13H17BrN4OS/c1-4-8-12(14)10(18(3)17-8)5-11(19)9-6-20-13(16-9)7(2)15/h6-7H,4-5,15H2,1-3H3. The van der Waals surface area contributed by atoms with Gasteiger partial charge in [0.25, 0.3) is 0 Å². The number of Topliss-reactive ketones (excluding diaryl/α,β-unsaturated/α-hetero) is 1. The highest BCUT2D eigenvalue weighted by Crippen LogP contribution is 2.24. The largest absolute Gasteiger partial charge is 0.322 e. The predicted octanol–water partition coefficient (Wildman–Crippen LogP) is 2.65. The molecule has 108 valence electrons. The van der Waals surface area contributed by atoms with E-state index < -0.39 is 0 Å². The second kappa shape index (κ2) is 6.15. The molecule has 5 nitrogen and oxygen atoms in total. The van der Waals surface area contributed by atoms with Gasteiger partial charge < -0.3 is 5.73 Å². The first kappa shape index (κ1) is 15.3. The molecule has 0 aromatic carbocycles. The van der Waals surface area contributed by atoms with Gasteiger partial charge in [-0.05, 0) is 29.3 Å². The first-order chi connectivity index (χ1) is 9.43. The van der Waals surface area contributed by atoms with E-state index in [0.717, 1.165) is 27.3 Å². The van der Waals surface area contributed by atoms with Gasteiger partial charge in [0.05, 0.1) is 28.3 Å². The molecule has 1 atom stereocenters. The number of rotatable bonds is 5. The lowest BCUT2D eigenvalue weighted by molar-refractivity contribution is 0.0986. The predicted molar refractivity (Wildman–Crippen MR) is 83.0 cm³/mol. The molecule has 0 radical (unpaired) electrons. The maximum atomic E-state index is 12.3. The minimum atomic E-state index is -0.142. The van der Waals surface area contributed by atoms with Crippen LogP contribution in [0.15, 0.2) is 9.85 Å². The van der Waals surface area contributed by atoms with Crippen LogP contribution in [0.4, 0.5) is 0 Å². The van der Waals surface area contributed by atoms with Crippen molar-refractivity contribution < 1.29 is 4.79 Å². The number of hydrogen-bond donors (Lipinski definition) is 1. The van der Waals surface area contributed by atoms with Crippen molar-refractivity contribution in [2.75, 3.05) is 0 Å². The van der Waals surface area contributed by atoms with Crippen molar-refractivity contribution in [1.82, 2.24) is 14.8 Å². The number of halogens is 1. The van der Waals surface area contributed by atoms with Gasteiger partial charge in [-0.1, -0.05) is 6.92 Å². The van der Waals surface area contributed by atoms with Crippen molar-refractivity contribution in [1.29, 1.82) is 0 Å². The summed E-state index contributed by atoms with van der Waals surface area (Å²) in [5.74, 6) is -0.0143. The molecule has 2 rings (SSSR count). The van der Waals surface area contributed by atoms with Gasteiger partial charge in [-0.3, -0.25) is 9.48 Å². The van der Waals surface area contributed by atoms with Crippen LogP contribution in [0.2, 0.25) is 0 Å². The van der Waals surface area contributed by atoms with Crippen molar-refractivity contribution >= 4 is 33.0 Å². The SMILES string of the molecule is CCc1nn(C)c(CC(=O)c2csc(C(C)N)n2)c1Br. The number of hydrogen-bond acceptors (Lipinski definition) is 5. The number of carbonyl (C=O) groups is 1. The van der Waals surface area contributed by atoms with E-state index in [4.69, 9.17) is 5.73 Å². The summed E-state index contributed by atoms with van der Waals surface area (Å²) in [6, 6.07) is -0.142. The second-order valence-corrected chi connectivity index (χ2v) is 6.33. The molecule has 0 fully saturated rings. The molecule has 0 spiro atoms. The molecule has 0 amide bonds. The number of nitrogens with two attached hydrogens (primary N) is 1. The van der Waals surface area contributed by atoms with Crippen molar-refractivity contribution in [2.24, 2.45) is 12.8 Å². The maximum Gasteiger partial charge on any atom is 0.188 e. The summed E-state index contributed by atoms with van der Waals surface area (Å²) in [6.07, 6.45) is 1.11. The molecule has 1 unspecified atom stereocenters. The van der Waals surface area contributed by atoms with E-state index in [0.29, 0.717) is 5.69 Å². The van der Waals surface area contributed by atoms with Gasteiger partial charge in [0.1, 0.15) is 10.7 Å². The summed E-state index contributed by atoms with van der Waals surface area (Å²) < 4.78 is 2.66. The maximum absolute atomic E-state index is 12.3. The minimum absolute atomic E-state index is 0.0143. The molecule has 2 heterocycles. The van der Waals surface area contributed by atoms with Crippen LogP contribution in [0.1, 0.15) is 46.8 Å². The number of carbonyl (C=O) groups excluding carboxylic acids is 1. The Balaban J connectivity index is 2.21. The third-order valence-corrected chi connectivity index (χ3v) is 4.99. The number of aromatic nitrogens is 3. The van der Waals surface area contributed by atoms with E-state index in [1.807, 2.05) is 20.9 Å². The Bertz CT molecular complexity index is 632. The molecule has 2 N–H and O–H groups in total. The number of thiazole rings is 1. The van der Waals surface area contributed by atoms with E-state index in [9.17, 15) is 4.79 Å². The third-order valence-electron chi connectivity index (χ3n) is 3.03. The zero-order chi connectivity index (χ0) is 14.9. The van der Waals surface area contributed by atoms with Crippen molar-refractivity contribution in [3.63, 3.8) is 0 Å². The highest BCUT2D eigenvalue weighted by molar-refractivity contribution is 9.10. The van der Waals surface area contributed by atoms with Crippen LogP contribution < -0.4 is 5.73 Å². The van der Waals surface area contributed by atoms with Gasteiger partial charge in [0.2, 0.25) is 0 Å². The van der Waals surface area contributed by atoms with Crippen LogP contribution in [0, 0.1) is 0 Å². The molecule has 0 bridgehead atoms. The zero-order valence-corrected chi connectivity index (χ0v) is 14.1. The topological polar surface area (TPSA) is 73.8 Å². The molecule has 0 saturated heterocycles. The second-order valence-electron chi connectivity index (χ2n) is 4.64. The monoisotopic (exact) mass is 356 g/mol. The summed E-state index contributed by atoms with van der Waals surface area (Å²) in [5.41, 5.74) is 8.08. The lowest BCUT2D eigenvalue weighted by atomic mass is 10.1. The summed E-state index contributed by atoms with van der Waals surface area (Å²) in [7, 11) is 1.85. The van der Waals surface area contributed by atoms with Crippen LogP contribution in [0.5, 0.6) is 0 Å². The molecule has 20 heavy (non-hydrogen) atoms. The van der Waals surface area contributed by atoms with Crippen molar-refractivity contribution in [2.45, 2.75) is 32.7 Å². The fourth-order valence-electron chi connectivity index (χ4n) is 1.88. The molecule has 0 aliphatic rings. The first-order valence-corrected chi connectivity index (χ1v) is 8.05. The van der Waals surface area contributed by atoms with Gasteiger partial charge >= 0.3 is 0 Å². The zero-order valence-electron chi connectivity index (χ0n) is 11.7.